The van der Waals surface area contributed by atoms with Gasteiger partial charge < -0.3 is 5.11 Å². The molecule has 0 saturated carbocycles. The fourth-order valence-corrected chi connectivity index (χ4v) is 2.63. The Morgan fingerprint density at radius 2 is 2.21 bits per heavy atom. The molecular weight excluding hydrogens is 260 g/mol. The molecule has 0 heterocycles. The standard InChI is InChI=1S/C11H15BrOS/c1-3-6-14-11-5-4-9(8(2)13)7-10(11)12/h4-5,7-8,13H,3,6H2,1-2H3/t8-/m0/s1. The van der Waals surface area contributed by atoms with Crippen molar-refractivity contribution in [2.24, 2.45) is 0 Å². The molecule has 0 amide bonds. The molecule has 0 aliphatic rings. The van der Waals surface area contributed by atoms with Crippen molar-refractivity contribution in [3.8, 4) is 0 Å². The summed E-state index contributed by atoms with van der Waals surface area (Å²) >= 11 is 5.35. The summed E-state index contributed by atoms with van der Waals surface area (Å²) in [5.41, 5.74) is 0.956. The van der Waals surface area contributed by atoms with E-state index in [1.807, 2.05) is 23.9 Å². The van der Waals surface area contributed by atoms with E-state index in [0.717, 1.165) is 15.8 Å². The summed E-state index contributed by atoms with van der Waals surface area (Å²) < 4.78 is 1.08. The average Bonchev–Trinajstić information content (AvgIpc) is 2.15. The van der Waals surface area contributed by atoms with Gasteiger partial charge in [0, 0.05) is 9.37 Å². The van der Waals surface area contributed by atoms with E-state index in [1.165, 1.54) is 11.3 Å². The zero-order chi connectivity index (χ0) is 10.6. The third-order valence-corrected chi connectivity index (χ3v) is 4.10. The molecule has 0 saturated heterocycles. The quantitative estimate of drug-likeness (QED) is 0.838. The number of aliphatic hydroxyl groups is 1. The van der Waals surface area contributed by atoms with Gasteiger partial charge in [-0.15, -0.1) is 11.8 Å². The molecule has 1 aromatic carbocycles. The molecule has 0 aliphatic carbocycles. The van der Waals surface area contributed by atoms with Crippen LogP contribution < -0.4 is 0 Å². The maximum absolute atomic E-state index is 9.39. The predicted octanol–water partition coefficient (Wildman–Crippen LogP) is 4.00. The van der Waals surface area contributed by atoms with Crippen molar-refractivity contribution in [1.82, 2.24) is 0 Å². The second-order valence-corrected chi connectivity index (χ2v) is 5.21. The maximum Gasteiger partial charge on any atom is 0.0762 e. The minimum absolute atomic E-state index is 0.392. The molecule has 1 N–H and O–H groups in total. The van der Waals surface area contributed by atoms with Gasteiger partial charge in [-0.1, -0.05) is 13.0 Å². The first-order valence-electron chi connectivity index (χ1n) is 4.75. The lowest BCUT2D eigenvalue weighted by atomic mass is 10.1. The lowest BCUT2D eigenvalue weighted by molar-refractivity contribution is 0.199. The van der Waals surface area contributed by atoms with Crippen LogP contribution in [0.3, 0.4) is 0 Å². The Kier molecular flexibility index (Phi) is 4.99. The van der Waals surface area contributed by atoms with Crippen LogP contribution in [-0.2, 0) is 0 Å². The molecule has 78 valence electrons. The summed E-state index contributed by atoms with van der Waals surface area (Å²) in [6.07, 6.45) is 0.784. The van der Waals surface area contributed by atoms with Gasteiger partial charge in [0.05, 0.1) is 6.10 Å². The number of aliphatic hydroxyl groups excluding tert-OH is 1. The summed E-state index contributed by atoms with van der Waals surface area (Å²) in [4.78, 5) is 1.25. The molecule has 0 aromatic heterocycles. The van der Waals surface area contributed by atoms with E-state index >= 15 is 0 Å². The molecule has 1 aromatic rings. The number of halogens is 1. The normalized spacial score (nSPS) is 12.9. The summed E-state index contributed by atoms with van der Waals surface area (Å²) in [7, 11) is 0. The van der Waals surface area contributed by atoms with Gasteiger partial charge in [-0.25, -0.2) is 0 Å². The summed E-state index contributed by atoms with van der Waals surface area (Å²) in [5, 5.41) is 9.39. The lowest BCUT2D eigenvalue weighted by Gasteiger charge is -2.08. The Labute approximate surface area is 98.0 Å². The summed E-state index contributed by atoms with van der Waals surface area (Å²) in [5.74, 6) is 1.13. The number of thioether (sulfide) groups is 1. The van der Waals surface area contributed by atoms with Crippen molar-refractivity contribution >= 4 is 27.7 Å². The van der Waals surface area contributed by atoms with Crippen LogP contribution in [0.5, 0.6) is 0 Å². The zero-order valence-corrected chi connectivity index (χ0v) is 10.9. The highest BCUT2D eigenvalue weighted by Gasteiger charge is 2.05. The minimum Gasteiger partial charge on any atom is -0.389 e. The van der Waals surface area contributed by atoms with Crippen molar-refractivity contribution in [2.75, 3.05) is 5.75 Å². The molecule has 0 spiro atoms. The first-order chi connectivity index (χ1) is 6.65. The zero-order valence-electron chi connectivity index (χ0n) is 8.46. The lowest BCUT2D eigenvalue weighted by Crippen LogP contribution is -1.91. The van der Waals surface area contributed by atoms with Gasteiger partial charge in [0.25, 0.3) is 0 Å². The molecule has 1 atom stereocenters. The Hall–Kier alpha value is 0.01000. The summed E-state index contributed by atoms with van der Waals surface area (Å²) in [6, 6.07) is 6.03. The Morgan fingerprint density at radius 3 is 2.71 bits per heavy atom. The monoisotopic (exact) mass is 274 g/mol. The van der Waals surface area contributed by atoms with Crippen molar-refractivity contribution in [1.29, 1.82) is 0 Å². The number of hydrogen-bond acceptors (Lipinski definition) is 2. The fraction of sp³-hybridized carbons (Fsp3) is 0.455. The average molecular weight is 275 g/mol. The SMILES string of the molecule is CCCSc1ccc([C@H](C)O)cc1Br. The van der Waals surface area contributed by atoms with Crippen LogP contribution in [0.2, 0.25) is 0 Å². The van der Waals surface area contributed by atoms with Gasteiger partial charge in [-0.3, -0.25) is 0 Å². The van der Waals surface area contributed by atoms with Crippen LogP contribution in [-0.4, -0.2) is 10.9 Å². The molecule has 0 unspecified atom stereocenters. The molecule has 1 rings (SSSR count). The largest absolute Gasteiger partial charge is 0.389 e. The predicted molar refractivity (Wildman–Crippen MR) is 65.8 cm³/mol. The van der Waals surface area contributed by atoms with E-state index in [2.05, 4.69) is 28.9 Å². The first-order valence-corrected chi connectivity index (χ1v) is 6.53. The van der Waals surface area contributed by atoms with Crippen LogP contribution in [0.25, 0.3) is 0 Å². The van der Waals surface area contributed by atoms with Crippen molar-refractivity contribution in [3.05, 3.63) is 28.2 Å². The molecule has 1 nitrogen and oxygen atoms in total. The third kappa shape index (κ3) is 3.30. The van der Waals surface area contributed by atoms with Gasteiger partial charge in [-0.05, 0) is 52.7 Å². The molecule has 0 fully saturated rings. The van der Waals surface area contributed by atoms with Gasteiger partial charge in [0.1, 0.15) is 0 Å². The minimum atomic E-state index is -0.392. The number of rotatable bonds is 4. The van der Waals surface area contributed by atoms with Gasteiger partial charge >= 0.3 is 0 Å². The third-order valence-electron chi connectivity index (χ3n) is 1.90. The van der Waals surface area contributed by atoms with E-state index in [1.54, 1.807) is 6.92 Å². The van der Waals surface area contributed by atoms with E-state index in [9.17, 15) is 5.11 Å². The highest BCUT2D eigenvalue weighted by Crippen LogP contribution is 2.30. The van der Waals surface area contributed by atoms with E-state index in [-0.39, 0.29) is 0 Å². The fourth-order valence-electron chi connectivity index (χ4n) is 1.11. The second kappa shape index (κ2) is 5.79. The Bertz CT molecular complexity index is 299. The molecule has 0 radical (unpaired) electrons. The topological polar surface area (TPSA) is 20.2 Å². The van der Waals surface area contributed by atoms with Crippen LogP contribution in [0.4, 0.5) is 0 Å². The summed E-state index contributed by atoms with van der Waals surface area (Å²) in [6.45, 7) is 3.95. The van der Waals surface area contributed by atoms with E-state index in [0.29, 0.717) is 0 Å². The first kappa shape index (κ1) is 12.1. The molecule has 0 bridgehead atoms. The van der Waals surface area contributed by atoms with Crippen molar-refractivity contribution in [3.63, 3.8) is 0 Å². The highest BCUT2D eigenvalue weighted by molar-refractivity contribution is 9.10. The van der Waals surface area contributed by atoms with Crippen LogP contribution in [0.15, 0.2) is 27.6 Å². The highest BCUT2D eigenvalue weighted by atomic mass is 79.9. The van der Waals surface area contributed by atoms with Crippen LogP contribution in [0, 0.1) is 0 Å². The molecule has 0 aliphatic heterocycles. The number of hydrogen-bond donors (Lipinski definition) is 1. The van der Waals surface area contributed by atoms with E-state index in [4.69, 9.17) is 0 Å². The van der Waals surface area contributed by atoms with Crippen molar-refractivity contribution < 1.29 is 5.11 Å². The van der Waals surface area contributed by atoms with Crippen LogP contribution >= 0.6 is 27.7 Å². The second-order valence-electron chi connectivity index (χ2n) is 3.21. The smallest absolute Gasteiger partial charge is 0.0762 e. The maximum atomic E-state index is 9.39. The van der Waals surface area contributed by atoms with Gasteiger partial charge in [0.15, 0.2) is 0 Å². The van der Waals surface area contributed by atoms with E-state index < -0.39 is 6.10 Å². The van der Waals surface area contributed by atoms with Crippen LogP contribution in [0.1, 0.15) is 31.9 Å². The Morgan fingerprint density at radius 1 is 1.50 bits per heavy atom. The Balaban J connectivity index is 2.79. The van der Waals surface area contributed by atoms with Crippen molar-refractivity contribution in [2.45, 2.75) is 31.3 Å². The van der Waals surface area contributed by atoms with Gasteiger partial charge in [-0.2, -0.15) is 0 Å². The molecule has 14 heavy (non-hydrogen) atoms. The molecular formula is C11H15BrOS. The molecule has 3 heteroatoms. The number of benzene rings is 1. The van der Waals surface area contributed by atoms with Gasteiger partial charge in [0.2, 0.25) is 0 Å².